The lowest BCUT2D eigenvalue weighted by molar-refractivity contribution is 0.256. The van der Waals surface area contributed by atoms with Gasteiger partial charge in [0.05, 0.1) is 18.7 Å². The van der Waals surface area contributed by atoms with E-state index in [1.54, 1.807) is 0 Å². The zero-order valence-corrected chi connectivity index (χ0v) is 9.93. The number of rotatable bonds is 2. The summed E-state index contributed by atoms with van der Waals surface area (Å²) in [4.78, 5) is 0. The van der Waals surface area contributed by atoms with Gasteiger partial charge >= 0.3 is 0 Å². The molecule has 3 N–H and O–H groups in total. The van der Waals surface area contributed by atoms with E-state index in [2.05, 4.69) is 0 Å². The predicted molar refractivity (Wildman–Crippen MR) is 67.7 cm³/mol. The fourth-order valence-corrected chi connectivity index (χ4v) is 2.72. The van der Waals surface area contributed by atoms with E-state index in [-0.39, 0.29) is 24.9 Å². The Bertz CT molecular complexity index is 601. The number of fused-ring (bicyclic) bond motifs is 3. The summed E-state index contributed by atoms with van der Waals surface area (Å²) in [6, 6.07) is 7.90. The van der Waals surface area contributed by atoms with E-state index in [0.717, 1.165) is 17.5 Å². The van der Waals surface area contributed by atoms with Gasteiger partial charge in [0.2, 0.25) is 5.88 Å². The number of aromatic hydroxyl groups is 2. The van der Waals surface area contributed by atoms with Crippen molar-refractivity contribution in [2.45, 2.75) is 19.4 Å². The Labute approximate surface area is 105 Å². The first kappa shape index (κ1) is 11.2. The predicted octanol–water partition coefficient (Wildman–Crippen LogP) is 1.66. The quantitative estimate of drug-likeness (QED) is 0.753. The molecule has 1 aromatic carbocycles. The highest BCUT2D eigenvalue weighted by Gasteiger charge is 2.27. The number of hydrogen-bond acceptors (Lipinski definition) is 3. The molecule has 4 heteroatoms. The van der Waals surface area contributed by atoms with Crippen LogP contribution in [0.25, 0.3) is 11.1 Å². The molecule has 1 aliphatic rings. The van der Waals surface area contributed by atoms with Crippen LogP contribution in [0.1, 0.15) is 11.1 Å². The molecule has 94 valence electrons. The summed E-state index contributed by atoms with van der Waals surface area (Å²) < 4.78 is 1.37. The van der Waals surface area contributed by atoms with Crippen LogP contribution in [0.15, 0.2) is 24.3 Å². The Kier molecular flexibility index (Phi) is 2.52. The Morgan fingerprint density at radius 1 is 1.06 bits per heavy atom. The minimum Gasteiger partial charge on any atom is -0.494 e. The lowest BCUT2D eigenvalue weighted by Gasteiger charge is -2.15. The maximum atomic E-state index is 10.2. The lowest BCUT2D eigenvalue weighted by atomic mass is 9.88. The van der Waals surface area contributed by atoms with Crippen LogP contribution >= 0.6 is 0 Å². The molecule has 2 aromatic rings. The second-order valence-corrected chi connectivity index (χ2v) is 4.53. The van der Waals surface area contributed by atoms with Crippen LogP contribution in [-0.2, 0) is 19.4 Å². The number of aliphatic hydroxyl groups excluding tert-OH is 1. The van der Waals surface area contributed by atoms with E-state index in [0.29, 0.717) is 12.0 Å². The molecule has 0 amide bonds. The van der Waals surface area contributed by atoms with Gasteiger partial charge in [-0.05, 0) is 24.0 Å². The van der Waals surface area contributed by atoms with Gasteiger partial charge in [-0.15, -0.1) is 0 Å². The Hall–Kier alpha value is -1.94. The Morgan fingerprint density at radius 2 is 1.83 bits per heavy atom. The normalized spacial score (nSPS) is 13.2. The van der Waals surface area contributed by atoms with Crippen molar-refractivity contribution < 1.29 is 15.3 Å². The number of nitrogens with zero attached hydrogens (tertiary/aromatic N) is 1. The van der Waals surface area contributed by atoms with Crippen LogP contribution in [0.4, 0.5) is 0 Å². The maximum absolute atomic E-state index is 10.2. The van der Waals surface area contributed by atoms with E-state index < -0.39 is 0 Å². The van der Waals surface area contributed by atoms with Gasteiger partial charge in [-0.2, -0.15) is 0 Å². The molecule has 0 radical (unpaired) electrons. The average molecular weight is 245 g/mol. The molecule has 3 rings (SSSR count). The zero-order chi connectivity index (χ0) is 12.7. The van der Waals surface area contributed by atoms with Gasteiger partial charge in [0.25, 0.3) is 0 Å². The van der Waals surface area contributed by atoms with Crippen molar-refractivity contribution in [1.82, 2.24) is 4.57 Å². The first-order valence-corrected chi connectivity index (χ1v) is 6.06. The number of benzene rings is 1. The van der Waals surface area contributed by atoms with Crippen molar-refractivity contribution >= 4 is 0 Å². The first-order chi connectivity index (χ1) is 8.74. The summed E-state index contributed by atoms with van der Waals surface area (Å²) in [5.41, 5.74) is 3.65. The Balaban J connectivity index is 2.25. The van der Waals surface area contributed by atoms with E-state index in [9.17, 15) is 10.2 Å². The fourth-order valence-electron chi connectivity index (χ4n) is 2.72. The third-order valence-corrected chi connectivity index (χ3v) is 3.56. The molecular weight excluding hydrogens is 230 g/mol. The molecule has 0 saturated carbocycles. The fraction of sp³-hybridized carbons (Fsp3) is 0.286. The monoisotopic (exact) mass is 245 g/mol. The number of hydrogen-bond donors (Lipinski definition) is 3. The molecule has 0 saturated heterocycles. The molecule has 1 aliphatic carbocycles. The number of aromatic nitrogens is 1. The summed E-state index contributed by atoms with van der Waals surface area (Å²) in [5.74, 6) is 0.120. The zero-order valence-electron chi connectivity index (χ0n) is 9.93. The highest BCUT2D eigenvalue weighted by atomic mass is 16.3. The summed E-state index contributed by atoms with van der Waals surface area (Å²) in [6.07, 6.45) is 1.57. The van der Waals surface area contributed by atoms with Gasteiger partial charge in [0.1, 0.15) is 0 Å². The molecule has 0 aliphatic heterocycles. The summed E-state index contributed by atoms with van der Waals surface area (Å²) in [6.45, 7) is 0.0865. The highest BCUT2D eigenvalue weighted by molar-refractivity contribution is 5.80. The first-order valence-electron chi connectivity index (χ1n) is 6.06. The number of aryl methyl sites for hydroxylation is 1. The molecular formula is C14H15NO3. The van der Waals surface area contributed by atoms with E-state index >= 15 is 0 Å². The van der Waals surface area contributed by atoms with E-state index in [1.807, 2.05) is 24.3 Å². The summed E-state index contributed by atoms with van der Waals surface area (Å²) in [7, 11) is 0. The van der Waals surface area contributed by atoms with Crippen molar-refractivity contribution in [2.75, 3.05) is 6.61 Å². The topological polar surface area (TPSA) is 65.6 Å². The van der Waals surface area contributed by atoms with Crippen LogP contribution in [0.5, 0.6) is 11.8 Å². The van der Waals surface area contributed by atoms with Crippen molar-refractivity contribution in [3.8, 4) is 22.9 Å². The van der Waals surface area contributed by atoms with Crippen molar-refractivity contribution in [3.05, 3.63) is 35.4 Å². The van der Waals surface area contributed by atoms with Crippen molar-refractivity contribution in [3.63, 3.8) is 0 Å². The standard InChI is InChI=1S/C14H15NO3/c16-8-7-15-13(17)11-6-5-9-3-1-2-4-10(9)12(11)14(15)18/h1-4,16-18H,5-8H2. The molecule has 0 spiro atoms. The third kappa shape index (κ3) is 1.42. The SMILES string of the molecule is OCCn1c(O)c2c(c1O)-c1ccccc1CC2. The Morgan fingerprint density at radius 3 is 2.61 bits per heavy atom. The smallest absolute Gasteiger partial charge is 0.202 e. The summed E-state index contributed by atoms with van der Waals surface area (Å²) >= 11 is 0. The minimum absolute atomic E-state index is 0.0451. The molecule has 1 aromatic heterocycles. The van der Waals surface area contributed by atoms with Gasteiger partial charge in [-0.3, -0.25) is 4.57 Å². The molecule has 0 unspecified atom stereocenters. The van der Waals surface area contributed by atoms with Crippen LogP contribution < -0.4 is 0 Å². The maximum Gasteiger partial charge on any atom is 0.202 e. The van der Waals surface area contributed by atoms with Crippen LogP contribution in [0.2, 0.25) is 0 Å². The van der Waals surface area contributed by atoms with Gasteiger partial charge in [-0.25, -0.2) is 0 Å². The van der Waals surface area contributed by atoms with Gasteiger partial charge in [0, 0.05) is 5.56 Å². The summed E-state index contributed by atoms with van der Waals surface area (Å²) in [5, 5.41) is 29.3. The highest BCUT2D eigenvalue weighted by Crippen LogP contribution is 2.45. The molecule has 0 bridgehead atoms. The second kappa shape index (κ2) is 4.07. The third-order valence-electron chi connectivity index (χ3n) is 3.56. The van der Waals surface area contributed by atoms with Gasteiger partial charge in [-0.1, -0.05) is 24.3 Å². The molecule has 18 heavy (non-hydrogen) atoms. The largest absolute Gasteiger partial charge is 0.494 e. The lowest BCUT2D eigenvalue weighted by Crippen LogP contribution is -2.01. The van der Waals surface area contributed by atoms with E-state index in [4.69, 9.17) is 5.11 Å². The second-order valence-electron chi connectivity index (χ2n) is 4.53. The molecule has 1 heterocycles. The number of aliphatic hydroxyl groups is 1. The average Bonchev–Trinajstić information content (AvgIpc) is 2.64. The minimum atomic E-state index is -0.115. The van der Waals surface area contributed by atoms with Crippen molar-refractivity contribution in [2.24, 2.45) is 0 Å². The van der Waals surface area contributed by atoms with Crippen LogP contribution in [0, 0.1) is 0 Å². The molecule has 0 atom stereocenters. The molecule has 0 fully saturated rings. The van der Waals surface area contributed by atoms with E-state index in [1.165, 1.54) is 10.1 Å². The van der Waals surface area contributed by atoms with Crippen molar-refractivity contribution in [1.29, 1.82) is 0 Å². The van der Waals surface area contributed by atoms with Gasteiger partial charge in [0.15, 0.2) is 5.88 Å². The van der Waals surface area contributed by atoms with Crippen LogP contribution in [-0.4, -0.2) is 26.5 Å². The molecule has 4 nitrogen and oxygen atoms in total. The van der Waals surface area contributed by atoms with Gasteiger partial charge < -0.3 is 15.3 Å². The van der Waals surface area contributed by atoms with Crippen LogP contribution in [0.3, 0.4) is 0 Å².